The van der Waals surface area contributed by atoms with Gasteiger partial charge in [-0.2, -0.15) is 0 Å². The lowest BCUT2D eigenvalue weighted by atomic mass is 10.2. The Hall–Kier alpha value is -0.580. The van der Waals surface area contributed by atoms with Crippen LogP contribution in [-0.2, 0) is 12.4 Å². The predicted octanol–water partition coefficient (Wildman–Crippen LogP) is 4.41. The van der Waals surface area contributed by atoms with Gasteiger partial charge in [0.15, 0.2) is 0 Å². The number of alkyl halides is 1. The first-order valence-electron chi connectivity index (χ1n) is 7.60. The number of halogens is 2. The molecule has 3 nitrogen and oxygen atoms in total. The fourth-order valence-corrected chi connectivity index (χ4v) is 3.84. The lowest BCUT2D eigenvalue weighted by molar-refractivity contribution is 0.236. The van der Waals surface area contributed by atoms with Crippen LogP contribution in [0.5, 0.6) is 0 Å². The quantitative estimate of drug-likeness (QED) is 0.727. The molecule has 0 aliphatic heterocycles. The molecule has 0 N–H and O–H groups in total. The molecule has 0 bridgehead atoms. The summed E-state index contributed by atoms with van der Waals surface area (Å²) in [5.41, 5.74) is 2.19. The first kappa shape index (κ1) is 15.3. The molecule has 0 amide bonds. The number of benzene rings is 1. The highest BCUT2D eigenvalue weighted by molar-refractivity contribution is 9.10. The van der Waals surface area contributed by atoms with Gasteiger partial charge in [-0.1, -0.05) is 28.8 Å². The van der Waals surface area contributed by atoms with Gasteiger partial charge in [-0.15, -0.1) is 11.6 Å². The Morgan fingerprint density at radius 3 is 2.86 bits per heavy atom. The number of imidazole rings is 1. The van der Waals surface area contributed by atoms with Gasteiger partial charge in [0.1, 0.15) is 5.82 Å². The van der Waals surface area contributed by atoms with E-state index in [0.717, 1.165) is 34.9 Å². The summed E-state index contributed by atoms with van der Waals surface area (Å²) in [4.78, 5) is 7.15. The third-order valence-electron chi connectivity index (χ3n) is 4.53. The molecule has 3 rings (SSSR count). The molecule has 5 heteroatoms. The maximum absolute atomic E-state index is 6.08. The van der Waals surface area contributed by atoms with Crippen molar-refractivity contribution in [1.29, 1.82) is 0 Å². The smallest absolute Gasteiger partial charge is 0.124 e. The molecule has 1 heterocycles. The van der Waals surface area contributed by atoms with Crippen LogP contribution >= 0.6 is 27.5 Å². The summed E-state index contributed by atoms with van der Waals surface area (Å²) >= 11 is 9.58. The summed E-state index contributed by atoms with van der Waals surface area (Å²) in [6.07, 6.45) is 5.45. The van der Waals surface area contributed by atoms with Crippen molar-refractivity contribution in [3.63, 3.8) is 0 Å². The highest BCUT2D eigenvalue weighted by Crippen LogP contribution is 2.24. The van der Waals surface area contributed by atoms with Crippen LogP contribution in [0.25, 0.3) is 11.0 Å². The number of nitrogens with zero attached hydrogens (tertiary/aromatic N) is 3. The molecule has 0 radical (unpaired) electrons. The van der Waals surface area contributed by atoms with Crippen molar-refractivity contribution >= 4 is 38.6 Å². The van der Waals surface area contributed by atoms with Gasteiger partial charge >= 0.3 is 0 Å². The van der Waals surface area contributed by atoms with Gasteiger partial charge < -0.3 is 9.47 Å². The normalized spacial score (nSPS) is 16.4. The van der Waals surface area contributed by atoms with Crippen LogP contribution in [-0.4, -0.2) is 34.1 Å². The van der Waals surface area contributed by atoms with Crippen LogP contribution in [0.4, 0.5) is 0 Å². The number of hydrogen-bond donors (Lipinski definition) is 0. The summed E-state index contributed by atoms with van der Waals surface area (Å²) in [5.74, 6) is 1.42. The first-order chi connectivity index (χ1) is 10.2. The predicted molar refractivity (Wildman–Crippen MR) is 91.9 cm³/mol. The van der Waals surface area contributed by atoms with E-state index in [1.807, 2.05) is 0 Å². The molecule has 0 spiro atoms. The number of fused-ring (bicyclic) bond motifs is 1. The highest BCUT2D eigenvalue weighted by Gasteiger charge is 2.19. The molecule has 0 saturated heterocycles. The van der Waals surface area contributed by atoms with Crippen molar-refractivity contribution in [2.24, 2.45) is 0 Å². The molecule has 1 aliphatic rings. The molecule has 0 unspecified atom stereocenters. The average molecular weight is 371 g/mol. The van der Waals surface area contributed by atoms with E-state index in [0.29, 0.717) is 5.88 Å². The van der Waals surface area contributed by atoms with Gasteiger partial charge in [0.2, 0.25) is 0 Å². The third kappa shape index (κ3) is 3.27. The van der Waals surface area contributed by atoms with Gasteiger partial charge in [-0.25, -0.2) is 4.98 Å². The van der Waals surface area contributed by atoms with Crippen LogP contribution < -0.4 is 0 Å². The van der Waals surface area contributed by atoms with Gasteiger partial charge in [0.05, 0.1) is 16.9 Å². The van der Waals surface area contributed by atoms with E-state index in [4.69, 9.17) is 11.6 Å². The Morgan fingerprint density at radius 1 is 1.38 bits per heavy atom. The number of hydrogen-bond acceptors (Lipinski definition) is 2. The van der Waals surface area contributed by atoms with Gasteiger partial charge in [-0.05, 0) is 38.1 Å². The van der Waals surface area contributed by atoms with Crippen molar-refractivity contribution in [3.8, 4) is 0 Å². The second kappa shape index (κ2) is 6.67. The topological polar surface area (TPSA) is 21.1 Å². The molecule has 114 valence electrons. The molecular formula is C16H21BrClN3. The van der Waals surface area contributed by atoms with E-state index in [1.165, 1.54) is 31.2 Å². The Bertz CT molecular complexity index is 619. The van der Waals surface area contributed by atoms with E-state index in [9.17, 15) is 0 Å². The second-order valence-electron chi connectivity index (χ2n) is 5.87. The number of rotatable bonds is 5. The second-order valence-corrected chi connectivity index (χ2v) is 7.05. The summed E-state index contributed by atoms with van der Waals surface area (Å²) in [5, 5.41) is 0. The fraction of sp³-hybridized carbons (Fsp3) is 0.562. The first-order valence-corrected chi connectivity index (χ1v) is 8.92. The molecule has 2 aromatic rings. The monoisotopic (exact) mass is 369 g/mol. The lowest BCUT2D eigenvalue weighted by Crippen LogP contribution is -2.32. The maximum Gasteiger partial charge on any atom is 0.124 e. The van der Waals surface area contributed by atoms with Crippen molar-refractivity contribution in [2.75, 3.05) is 13.6 Å². The molecule has 1 fully saturated rings. The Kier molecular flexibility index (Phi) is 4.87. The Labute approximate surface area is 139 Å². The van der Waals surface area contributed by atoms with E-state index in [1.54, 1.807) is 0 Å². The molecule has 21 heavy (non-hydrogen) atoms. The SMILES string of the molecule is CN(CCn1c(CCl)nc2cc(Br)ccc21)C1CCCC1. The largest absolute Gasteiger partial charge is 0.326 e. The van der Waals surface area contributed by atoms with Crippen molar-refractivity contribution in [2.45, 2.75) is 44.1 Å². The van der Waals surface area contributed by atoms with Gasteiger partial charge in [0.25, 0.3) is 0 Å². The van der Waals surface area contributed by atoms with Crippen LogP contribution in [0.15, 0.2) is 22.7 Å². The lowest BCUT2D eigenvalue weighted by Gasteiger charge is -2.24. The van der Waals surface area contributed by atoms with E-state index < -0.39 is 0 Å². The zero-order chi connectivity index (χ0) is 14.8. The molecule has 1 aromatic heterocycles. The zero-order valence-electron chi connectivity index (χ0n) is 12.4. The minimum atomic E-state index is 0.458. The number of aromatic nitrogens is 2. The van der Waals surface area contributed by atoms with Gasteiger partial charge in [0, 0.05) is 23.6 Å². The van der Waals surface area contributed by atoms with E-state index >= 15 is 0 Å². The van der Waals surface area contributed by atoms with E-state index in [-0.39, 0.29) is 0 Å². The summed E-state index contributed by atoms with van der Waals surface area (Å²) in [6, 6.07) is 7.01. The van der Waals surface area contributed by atoms with Crippen molar-refractivity contribution < 1.29 is 0 Å². The zero-order valence-corrected chi connectivity index (χ0v) is 14.7. The van der Waals surface area contributed by atoms with Crippen molar-refractivity contribution in [3.05, 3.63) is 28.5 Å². The molecule has 0 atom stereocenters. The number of likely N-dealkylation sites (N-methyl/N-ethyl adjacent to an activating group) is 1. The van der Waals surface area contributed by atoms with Gasteiger partial charge in [-0.3, -0.25) is 0 Å². The Balaban J connectivity index is 1.78. The molecule has 1 saturated carbocycles. The summed E-state index contributed by atoms with van der Waals surface area (Å²) in [7, 11) is 2.24. The standard InChI is InChI=1S/C16H21BrClN3/c1-20(13-4-2-3-5-13)8-9-21-15-7-6-12(17)10-14(15)19-16(21)11-18/h6-7,10,13H,2-5,8-9,11H2,1H3. The summed E-state index contributed by atoms with van der Waals surface area (Å²) in [6.45, 7) is 2.00. The van der Waals surface area contributed by atoms with Crippen LogP contribution in [0.2, 0.25) is 0 Å². The third-order valence-corrected chi connectivity index (χ3v) is 5.27. The minimum absolute atomic E-state index is 0.458. The maximum atomic E-state index is 6.08. The molecule has 1 aliphatic carbocycles. The molecular weight excluding hydrogens is 350 g/mol. The van der Waals surface area contributed by atoms with Crippen LogP contribution in [0, 0.1) is 0 Å². The highest BCUT2D eigenvalue weighted by atomic mass is 79.9. The van der Waals surface area contributed by atoms with Crippen LogP contribution in [0.1, 0.15) is 31.5 Å². The summed E-state index contributed by atoms with van der Waals surface area (Å²) < 4.78 is 3.32. The van der Waals surface area contributed by atoms with Crippen LogP contribution in [0.3, 0.4) is 0 Å². The van der Waals surface area contributed by atoms with E-state index in [2.05, 4.69) is 55.6 Å². The molecule has 1 aromatic carbocycles. The Morgan fingerprint density at radius 2 is 2.14 bits per heavy atom. The average Bonchev–Trinajstić information content (AvgIpc) is 3.11. The minimum Gasteiger partial charge on any atom is -0.326 e. The fourth-order valence-electron chi connectivity index (χ4n) is 3.29. The van der Waals surface area contributed by atoms with Crippen molar-refractivity contribution in [1.82, 2.24) is 14.5 Å².